The summed E-state index contributed by atoms with van der Waals surface area (Å²) in [4.78, 5) is 23.0. The number of nitrogens with zero attached hydrogens (tertiary/aromatic N) is 1. The van der Waals surface area contributed by atoms with Crippen LogP contribution in [0.25, 0.3) is 0 Å². The van der Waals surface area contributed by atoms with E-state index < -0.39 is 0 Å². The number of nitrogens with one attached hydrogen (secondary N) is 3. The molecule has 2 amide bonds. The largest absolute Gasteiger partial charge is 0.375 e. The van der Waals surface area contributed by atoms with Crippen LogP contribution in [0.2, 0.25) is 0 Å². The van der Waals surface area contributed by atoms with Crippen molar-refractivity contribution in [1.29, 1.82) is 0 Å². The Labute approximate surface area is 128 Å². The molecule has 0 aromatic heterocycles. The summed E-state index contributed by atoms with van der Waals surface area (Å²) in [6.45, 7) is 3.07. The highest BCUT2D eigenvalue weighted by atomic mass is 32.1. The van der Waals surface area contributed by atoms with Crippen LogP contribution in [0.4, 0.5) is 11.4 Å². The van der Waals surface area contributed by atoms with Gasteiger partial charge in [-0.2, -0.15) is 5.10 Å². The van der Waals surface area contributed by atoms with E-state index in [9.17, 15) is 9.59 Å². The predicted octanol–water partition coefficient (Wildman–Crippen LogP) is 1.18. The number of hydrogen-bond donors (Lipinski definition) is 4. The highest BCUT2D eigenvalue weighted by Gasteiger charge is 2.08. The second kappa shape index (κ2) is 7.95. The van der Waals surface area contributed by atoms with Crippen molar-refractivity contribution in [2.75, 3.05) is 10.6 Å². The van der Waals surface area contributed by atoms with E-state index >= 15 is 0 Å². The van der Waals surface area contributed by atoms with Crippen LogP contribution in [-0.2, 0) is 9.59 Å². The molecule has 0 radical (unpaired) electrons. The lowest BCUT2D eigenvalue weighted by Crippen LogP contribution is -2.26. The summed E-state index contributed by atoms with van der Waals surface area (Å²) < 4.78 is 0. The van der Waals surface area contributed by atoms with E-state index in [1.165, 1.54) is 6.92 Å². The zero-order valence-corrected chi connectivity index (χ0v) is 12.6. The summed E-state index contributed by atoms with van der Waals surface area (Å²) in [5, 5.41) is 9.23. The molecule has 21 heavy (non-hydrogen) atoms. The Kier molecular flexibility index (Phi) is 6.28. The minimum atomic E-state index is -0.265. The normalized spacial score (nSPS) is 10.7. The summed E-state index contributed by atoms with van der Waals surface area (Å²) in [5.74, 6) is -0.478. The zero-order valence-electron chi connectivity index (χ0n) is 11.8. The van der Waals surface area contributed by atoms with Crippen LogP contribution < -0.4 is 21.8 Å². The van der Waals surface area contributed by atoms with Gasteiger partial charge in [-0.15, -0.1) is 0 Å². The Hall–Kier alpha value is -2.48. The Morgan fingerprint density at radius 2 is 1.76 bits per heavy atom. The third-order valence-electron chi connectivity index (χ3n) is 2.29. The van der Waals surface area contributed by atoms with Crippen molar-refractivity contribution in [2.45, 2.75) is 20.3 Å². The number of amides is 2. The maximum Gasteiger partial charge on any atom is 0.230 e. The van der Waals surface area contributed by atoms with Gasteiger partial charge in [0.25, 0.3) is 0 Å². The Bertz CT molecular complexity index is 586. The molecular formula is C13H17N5O2S. The Morgan fingerprint density at radius 3 is 2.29 bits per heavy atom. The average Bonchev–Trinajstić information content (AvgIpc) is 2.38. The van der Waals surface area contributed by atoms with Crippen LogP contribution in [0.5, 0.6) is 0 Å². The van der Waals surface area contributed by atoms with E-state index in [2.05, 4.69) is 33.4 Å². The number of nitrogens with two attached hydrogens (primary N) is 1. The molecule has 0 aliphatic rings. The quantitative estimate of drug-likeness (QED) is 0.371. The van der Waals surface area contributed by atoms with Crippen LogP contribution in [0.15, 0.2) is 29.4 Å². The van der Waals surface area contributed by atoms with Gasteiger partial charge in [0, 0.05) is 12.6 Å². The fourth-order valence-corrected chi connectivity index (χ4v) is 1.55. The first kappa shape index (κ1) is 16.6. The lowest BCUT2D eigenvalue weighted by atomic mass is 10.2. The highest BCUT2D eigenvalue weighted by molar-refractivity contribution is 7.80. The second-order valence-electron chi connectivity index (χ2n) is 4.27. The SMILES string of the molecule is CC(=O)Nc1ccccc1NC(=O)CC(C)=NNC(N)=S. The van der Waals surface area contributed by atoms with Crippen molar-refractivity contribution in [3.8, 4) is 0 Å². The van der Waals surface area contributed by atoms with Gasteiger partial charge in [0.1, 0.15) is 0 Å². The molecular weight excluding hydrogens is 290 g/mol. The van der Waals surface area contributed by atoms with Crippen LogP contribution in [-0.4, -0.2) is 22.6 Å². The van der Waals surface area contributed by atoms with Gasteiger partial charge >= 0.3 is 0 Å². The molecule has 0 saturated carbocycles. The molecule has 5 N–H and O–H groups in total. The summed E-state index contributed by atoms with van der Waals surface area (Å²) >= 11 is 4.61. The third-order valence-corrected chi connectivity index (χ3v) is 2.38. The third kappa shape index (κ3) is 6.48. The van der Waals surface area contributed by atoms with E-state index in [0.29, 0.717) is 17.1 Å². The first-order valence-electron chi connectivity index (χ1n) is 6.13. The van der Waals surface area contributed by atoms with Crippen LogP contribution >= 0.6 is 12.2 Å². The molecule has 0 aliphatic carbocycles. The fraction of sp³-hybridized carbons (Fsp3) is 0.231. The maximum atomic E-state index is 11.9. The minimum absolute atomic E-state index is 0.0331. The standard InChI is InChI=1S/C13H17N5O2S/c1-8(17-18-13(14)21)7-12(20)16-11-6-4-3-5-10(11)15-9(2)19/h3-6H,7H2,1-2H3,(H,15,19)(H,16,20)(H3,14,18,21). The lowest BCUT2D eigenvalue weighted by molar-refractivity contribution is -0.115. The number of hydrogen-bond acceptors (Lipinski definition) is 4. The molecule has 0 fully saturated rings. The topological polar surface area (TPSA) is 109 Å². The first-order valence-corrected chi connectivity index (χ1v) is 6.54. The molecule has 0 aliphatic heterocycles. The van der Waals surface area contributed by atoms with Crippen molar-refractivity contribution in [2.24, 2.45) is 10.8 Å². The van der Waals surface area contributed by atoms with E-state index in [-0.39, 0.29) is 23.3 Å². The van der Waals surface area contributed by atoms with Gasteiger partial charge in [0.05, 0.1) is 17.8 Å². The van der Waals surface area contributed by atoms with Gasteiger partial charge in [0.15, 0.2) is 5.11 Å². The molecule has 0 heterocycles. The molecule has 8 heteroatoms. The highest BCUT2D eigenvalue weighted by Crippen LogP contribution is 2.20. The summed E-state index contributed by atoms with van der Waals surface area (Å²) in [6, 6.07) is 6.92. The molecule has 0 spiro atoms. The molecule has 0 bridgehead atoms. The smallest absolute Gasteiger partial charge is 0.230 e. The fourth-order valence-electron chi connectivity index (χ4n) is 1.51. The molecule has 112 valence electrons. The molecule has 7 nitrogen and oxygen atoms in total. The lowest BCUT2D eigenvalue weighted by Gasteiger charge is -2.11. The van der Waals surface area contributed by atoms with Gasteiger partial charge in [-0.3, -0.25) is 15.0 Å². The van der Waals surface area contributed by atoms with Gasteiger partial charge in [0.2, 0.25) is 11.8 Å². The second-order valence-corrected chi connectivity index (χ2v) is 4.71. The molecule has 0 atom stereocenters. The zero-order chi connectivity index (χ0) is 15.8. The van der Waals surface area contributed by atoms with Crippen LogP contribution in [0, 0.1) is 0 Å². The number of anilines is 2. The summed E-state index contributed by atoms with van der Waals surface area (Å²) in [7, 11) is 0. The van der Waals surface area contributed by atoms with E-state index in [1.54, 1.807) is 31.2 Å². The molecule has 1 rings (SSSR count). The number of rotatable bonds is 5. The van der Waals surface area contributed by atoms with Crippen LogP contribution in [0.3, 0.4) is 0 Å². The van der Waals surface area contributed by atoms with Crippen molar-refractivity contribution in [3.05, 3.63) is 24.3 Å². The number of para-hydroxylation sites is 2. The van der Waals surface area contributed by atoms with Crippen molar-refractivity contribution in [3.63, 3.8) is 0 Å². The van der Waals surface area contributed by atoms with Crippen LogP contribution in [0.1, 0.15) is 20.3 Å². The van der Waals surface area contributed by atoms with Gasteiger partial charge in [-0.25, -0.2) is 0 Å². The van der Waals surface area contributed by atoms with Gasteiger partial charge in [-0.1, -0.05) is 12.1 Å². The predicted molar refractivity (Wildman–Crippen MR) is 87.0 cm³/mol. The maximum absolute atomic E-state index is 11.9. The molecule has 0 unspecified atom stereocenters. The first-order chi connectivity index (χ1) is 9.88. The van der Waals surface area contributed by atoms with E-state index in [1.807, 2.05) is 0 Å². The monoisotopic (exact) mass is 307 g/mol. The number of hydrazone groups is 1. The Morgan fingerprint density at radius 1 is 1.19 bits per heavy atom. The minimum Gasteiger partial charge on any atom is -0.375 e. The average molecular weight is 307 g/mol. The molecule has 1 aromatic rings. The Balaban J connectivity index is 2.69. The summed E-state index contributed by atoms with van der Waals surface area (Å²) in [6.07, 6.45) is 0.0734. The van der Waals surface area contributed by atoms with E-state index in [0.717, 1.165) is 0 Å². The van der Waals surface area contributed by atoms with Gasteiger partial charge < -0.3 is 16.4 Å². The molecule has 0 saturated heterocycles. The van der Waals surface area contributed by atoms with E-state index in [4.69, 9.17) is 5.73 Å². The van der Waals surface area contributed by atoms with Gasteiger partial charge in [-0.05, 0) is 31.3 Å². The molecule has 1 aromatic carbocycles. The number of benzene rings is 1. The van der Waals surface area contributed by atoms with Crippen molar-refractivity contribution >= 4 is 46.2 Å². The number of thiocarbonyl (C=S) groups is 1. The van der Waals surface area contributed by atoms with Crippen molar-refractivity contribution in [1.82, 2.24) is 5.43 Å². The number of carbonyl (C=O) groups excluding carboxylic acids is 2. The summed E-state index contributed by atoms with van der Waals surface area (Å²) in [5.41, 5.74) is 9.23. The number of carbonyl (C=O) groups is 2. The van der Waals surface area contributed by atoms with Crippen molar-refractivity contribution < 1.29 is 9.59 Å².